The van der Waals surface area contributed by atoms with Crippen molar-refractivity contribution >= 4 is 44.0 Å². The average Bonchev–Trinajstić information content (AvgIpc) is 3.58. The molecule has 0 radical (unpaired) electrons. The van der Waals surface area contributed by atoms with E-state index in [1.54, 1.807) is 0 Å². The first-order valence-corrected chi connectivity index (χ1v) is 11.1. The van der Waals surface area contributed by atoms with E-state index < -0.39 is 0 Å². The highest BCUT2D eigenvalue weighted by atomic mass is 79.9. The van der Waals surface area contributed by atoms with Gasteiger partial charge in [-0.1, -0.05) is 12.1 Å². The van der Waals surface area contributed by atoms with Gasteiger partial charge in [0, 0.05) is 61.7 Å². The molecule has 2 fully saturated rings. The van der Waals surface area contributed by atoms with Crippen LogP contribution in [0.5, 0.6) is 0 Å². The Bertz CT molecular complexity index is 1040. The molecular weight excluding hydrogens is 426 g/mol. The van der Waals surface area contributed by atoms with E-state index in [9.17, 15) is 0 Å². The maximum Gasteiger partial charge on any atom is 0.140 e. The summed E-state index contributed by atoms with van der Waals surface area (Å²) in [6.45, 7) is 3.90. The van der Waals surface area contributed by atoms with Crippen molar-refractivity contribution in [3.63, 3.8) is 0 Å². The topological polar surface area (TPSA) is 35.5 Å². The average molecular weight is 452 g/mol. The molecular formula is C23H26BrN5. The van der Waals surface area contributed by atoms with Gasteiger partial charge in [0.25, 0.3) is 0 Å². The van der Waals surface area contributed by atoms with Crippen molar-refractivity contribution < 1.29 is 0 Å². The summed E-state index contributed by atoms with van der Waals surface area (Å²) >= 11 is 3.70. The van der Waals surface area contributed by atoms with Crippen molar-refractivity contribution in [3.05, 3.63) is 52.8 Å². The SMILES string of the molecule is CN(C)c1ccc2nc(C3CC3)nc(N3CCN(c4ccccc4Br)CC3)c2c1. The molecule has 0 atom stereocenters. The molecule has 0 N–H and O–H groups in total. The van der Waals surface area contributed by atoms with Gasteiger partial charge in [0.15, 0.2) is 0 Å². The summed E-state index contributed by atoms with van der Waals surface area (Å²) in [6, 6.07) is 15.0. The lowest BCUT2D eigenvalue weighted by Crippen LogP contribution is -2.47. The van der Waals surface area contributed by atoms with E-state index in [1.807, 2.05) is 0 Å². The number of rotatable bonds is 4. The Kier molecular flexibility index (Phi) is 4.82. The summed E-state index contributed by atoms with van der Waals surface area (Å²) in [5.74, 6) is 2.68. The van der Waals surface area contributed by atoms with Gasteiger partial charge in [0.2, 0.25) is 0 Å². The van der Waals surface area contributed by atoms with Crippen LogP contribution >= 0.6 is 15.9 Å². The van der Waals surface area contributed by atoms with Crippen LogP contribution in [0.3, 0.4) is 0 Å². The number of aromatic nitrogens is 2. The number of para-hydroxylation sites is 1. The molecule has 29 heavy (non-hydrogen) atoms. The summed E-state index contributed by atoms with van der Waals surface area (Å²) in [5.41, 5.74) is 3.53. The second-order valence-corrected chi connectivity index (χ2v) is 9.06. The first-order chi connectivity index (χ1) is 14.1. The summed E-state index contributed by atoms with van der Waals surface area (Å²) in [6.07, 6.45) is 2.44. The molecule has 5 rings (SSSR count). The highest BCUT2D eigenvalue weighted by Gasteiger charge is 2.29. The van der Waals surface area contributed by atoms with Gasteiger partial charge in [0.05, 0.1) is 11.2 Å². The quantitative estimate of drug-likeness (QED) is 0.576. The van der Waals surface area contributed by atoms with Gasteiger partial charge in [-0.2, -0.15) is 0 Å². The Morgan fingerprint density at radius 1 is 0.931 bits per heavy atom. The number of anilines is 3. The molecule has 2 aromatic carbocycles. The van der Waals surface area contributed by atoms with Gasteiger partial charge in [0.1, 0.15) is 11.6 Å². The number of halogens is 1. The second kappa shape index (κ2) is 7.48. The smallest absolute Gasteiger partial charge is 0.140 e. The van der Waals surface area contributed by atoms with Crippen LogP contribution in [0.15, 0.2) is 46.9 Å². The number of nitrogens with zero attached hydrogens (tertiary/aromatic N) is 5. The maximum absolute atomic E-state index is 5.07. The predicted molar refractivity (Wildman–Crippen MR) is 124 cm³/mol. The van der Waals surface area contributed by atoms with Crippen molar-refractivity contribution in [2.24, 2.45) is 0 Å². The van der Waals surface area contributed by atoms with Gasteiger partial charge in [-0.3, -0.25) is 0 Å². The third-order valence-corrected chi connectivity index (χ3v) is 6.58. The van der Waals surface area contributed by atoms with Crippen molar-refractivity contribution in [3.8, 4) is 0 Å². The zero-order valence-electron chi connectivity index (χ0n) is 17.0. The Labute approximate surface area is 180 Å². The standard InChI is InChI=1S/C23H26BrN5/c1-27(2)17-9-10-20-18(15-17)23(26-22(25-20)16-7-8-16)29-13-11-28(12-14-29)21-6-4-3-5-19(21)24/h3-6,9-10,15-16H,7-8,11-14H2,1-2H3. The van der Waals surface area contributed by atoms with Crippen molar-refractivity contribution in [1.82, 2.24) is 9.97 Å². The van der Waals surface area contributed by atoms with Crippen LogP contribution in [0.25, 0.3) is 10.9 Å². The van der Waals surface area contributed by atoms with Gasteiger partial charge < -0.3 is 14.7 Å². The predicted octanol–water partition coefficient (Wildman–Crippen LogP) is 4.66. The number of hydrogen-bond acceptors (Lipinski definition) is 5. The van der Waals surface area contributed by atoms with E-state index >= 15 is 0 Å². The minimum Gasteiger partial charge on any atom is -0.378 e. The first kappa shape index (κ1) is 18.7. The number of benzene rings is 2. The van der Waals surface area contributed by atoms with Crippen LogP contribution in [0, 0.1) is 0 Å². The van der Waals surface area contributed by atoms with E-state index in [2.05, 4.69) is 87.2 Å². The molecule has 150 valence electrons. The van der Waals surface area contributed by atoms with E-state index in [0.717, 1.165) is 53.2 Å². The Morgan fingerprint density at radius 2 is 1.66 bits per heavy atom. The summed E-state index contributed by atoms with van der Waals surface area (Å²) in [4.78, 5) is 17.0. The summed E-state index contributed by atoms with van der Waals surface area (Å²) in [5, 5.41) is 1.16. The maximum atomic E-state index is 5.07. The Morgan fingerprint density at radius 3 is 2.34 bits per heavy atom. The largest absolute Gasteiger partial charge is 0.378 e. The highest BCUT2D eigenvalue weighted by molar-refractivity contribution is 9.10. The van der Waals surface area contributed by atoms with Crippen LogP contribution in [0.2, 0.25) is 0 Å². The van der Waals surface area contributed by atoms with Gasteiger partial charge in [-0.25, -0.2) is 9.97 Å². The van der Waals surface area contributed by atoms with Gasteiger partial charge in [-0.15, -0.1) is 0 Å². The summed E-state index contributed by atoms with van der Waals surface area (Å²) < 4.78 is 1.16. The number of piperazine rings is 1. The summed E-state index contributed by atoms with van der Waals surface area (Å²) in [7, 11) is 4.16. The zero-order valence-corrected chi connectivity index (χ0v) is 18.6. The van der Waals surface area contributed by atoms with Crippen molar-refractivity contribution in [1.29, 1.82) is 0 Å². The van der Waals surface area contributed by atoms with Crippen molar-refractivity contribution in [2.75, 3.05) is 55.0 Å². The van der Waals surface area contributed by atoms with Gasteiger partial charge in [-0.05, 0) is 59.1 Å². The third-order valence-electron chi connectivity index (χ3n) is 5.91. The lowest BCUT2D eigenvalue weighted by Gasteiger charge is -2.37. The van der Waals surface area contributed by atoms with E-state index in [1.165, 1.54) is 24.2 Å². The van der Waals surface area contributed by atoms with E-state index in [4.69, 9.17) is 9.97 Å². The van der Waals surface area contributed by atoms with Crippen molar-refractivity contribution in [2.45, 2.75) is 18.8 Å². The van der Waals surface area contributed by atoms with Crippen LogP contribution in [0.1, 0.15) is 24.6 Å². The molecule has 1 aliphatic heterocycles. The third kappa shape index (κ3) is 3.66. The zero-order chi connectivity index (χ0) is 20.0. The number of fused-ring (bicyclic) bond motifs is 1. The fourth-order valence-electron chi connectivity index (χ4n) is 4.03. The molecule has 0 amide bonds. The van der Waals surface area contributed by atoms with Gasteiger partial charge >= 0.3 is 0 Å². The molecule has 2 aliphatic rings. The lowest BCUT2D eigenvalue weighted by atomic mass is 10.1. The molecule has 1 aromatic heterocycles. The Balaban J connectivity index is 1.47. The van der Waals surface area contributed by atoms with E-state index in [0.29, 0.717) is 5.92 Å². The van der Waals surface area contributed by atoms with Crippen LogP contribution in [-0.2, 0) is 0 Å². The molecule has 1 saturated carbocycles. The molecule has 1 saturated heterocycles. The minimum absolute atomic E-state index is 0.549. The fraction of sp³-hybridized carbons (Fsp3) is 0.391. The molecule has 0 unspecified atom stereocenters. The lowest BCUT2D eigenvalue weighted by molar-refractivity contribution is 0.646. The monoisotopic (exact) mass is 451 g/mol. The number of hydrogen-bond donors (Lipinski definition) is 0. The molecule has 0 spiro atoms. The van der Waals surface area contributed by atoms with Crippen LogP contribution in [0.4, 0.5) is 17.2 Å². The van der Waals surface area contributed by atoms with Crippen LogP contribution < -0.4 is 14.7 Å². The molecule has 5 nitrogen and oxygen atoms in total. The Hall–Kier alpha value is -2.34. The molecule has 1 aliphatic carbocycles. The molecule has 6 heteroatoms. The molecule has 0 bridgehead atoms. The highest BCUT2D eigenvalue weighted by Crippen LogP contribution is 2.40. The van der Waals surface area contributed by atoms with E-state index in [-0.39, 0.29) is 0 Å². The first-order valence-electron chi connectivity index (χ1n) is 10.3. The fourth-order valence-corrected chi connectivity index (χ4v) is 4.56. The molecule has 3 aromatic rings. The second-order valence-electron chi connectivity index (χ2n) is 8.20. The normalized spacial score (nSPS) is 17.1. The molecule has 2 heterocycles. The minimum atomic E-state index is 0.549. The van der Waals surface area contributed by atoms with Crippen LogP contribution in [-0.4, -0.2) is 50.2 Å².